The van der Waals surface area contributed by atoms with E-state index in [1.165, 1.54) is 0 Å². The molecule has 0 fully saturated rings. The standard InChI is InChI=1S/C14H19N3O/c1-17-8-7-14(15)11(10-17)9-16-12-3-5-13(18-2)6-4-12/h3-6,9H,7-8,10,15H2,1-2H3. The van der Waals surface area contributed by atoms with Crippen molar-refractivity contribution in [2.45, 2.75) is 6.42 Å². The van der Waals surface area contributed by atoms with Gasteiger partial charge in [-0.3, -0.25) is 4.99 Å². The average Bonchev–Trinajstić information content (AvgIpc) is 2.40. The number of rotatable bonds is 3. The van der Waals surface area contributed by atoms with Gasteiger partial charge >= 0.3 is 0 Å². The third-order valence-corrected chi connectivity index (χ3v) is 3.06. The van der Waals surface area contributed by atoms with E-state index in [2.05, 4.69) is 16.9 Å². The maximum Gasteiger partial charge on any atom is 0.119 e. The minimum Gasteiger partial charge on any atom is -0.497 e. The molecule has 4 nitrogen and oxygen atoms in total. The van der Waals surface area contributed by atoms with Crippen LogP contribution in [0, 0.1) is 0 Å². The monoisotopic (exact) mass is 245 g/mol. The van der Waals surface area contributed by atoms with Crippen LogP contribution >= 0.6 is 0 Å². The second-order valence-corrected chi connectivity index (χ2v) is 4.49. The maximum atomic E-state index is 5.99. The Morgan fingerprint density at radius 3 is 2.72 bits per heavy atom. The van der Waals surface area contributed by atoms with E-state index in [4.69, 9.17) is 10.5 Å². The molecule has 96 valence electrons. The largest absolute Gasteiger partial charge is 0.497 e. The minimum absolute atomic E-state index is 0.838. The van der Waals surface area contributed by atoms with E-state index < -0.39 is 0 Å². The van der Waals surface area contributed by atoms with E-state index in [1.807, 2.05) is 30.5 Å². The molecule has 2 N–H and O–H groups in total. The zero-order valence-corrected chi connectivity index (χ0v) is 10.9. The molecule has 0 aliphatic carbocycles. The number of hydrogen-bond acceptors (Lipinski definition) is 4. The van der Waals surface area contributed by atoms with Gasteiger partial charge in [-0.25, -0.2) is 0 Å². The predicted octanol–water partition coefficient (Wildman–Crippen LogP) is 1.95. The lowest BCUT2D eigenvalue weighted by Crippen LogP contribution is -2.30. The molecule has 0 aromatic heterocycles. The van der Waals surface area contributed by atoms with E-state index >= 15 is 0 Å². The second-order valence-electron chi connectivity index (χ2n) is 4.49. The molecule has 1 aromatic carbocycles. The van der Waals surface area contributed by atoms with Gasteiger partial charge in [0, 0.05) is 37.0 Å². The van der Waals surface area contributed by atoms with Crippen molar-refractivity contribution in [3.8, 4) is 5.75 Å². The lowest BCUT2D eigenvalue weighted by Gasteiger charge is -2.23. The lowest BCUT2D eigenvalue weighted by molar-refractivity contribution is 0.353. The van der Waals surface area contributed by atoms with Crippen molar-refractivity contribution < 1.29 is 4.74 Å². The van der Waals surface area contributed by atoms with Crippen molar-refractivity contribution >= 4 is 11.9 Å². The van der Waals surface area contributed by atoms with Crippen LogP contribution in [0.1, 0.15) is 6.42 Å². The summed E-state index contributed by atoms with van der Waals surface area (Å²) in [7, 11) is 3.75. The zero-order valence-electron chi connectivity index (χ0n) is 10.9. The highest BCUT2D eigenvalue weighted by atomic mass is 16.5. The van der Waals surface area contributed by atoms with E-state index in [1.54, 1.807) is 7.11 Å². The number of benzene rings is 1. The third-order valence-electron chi connectivity index (χ3n) is 3.06. The Morgan fingerprint density at radius 2 is 2.06 bits per heavy atom. The van der Waals surface area contributed by atoms with Crippen molar-refractivity contribution in [2.24, 2.45) is 10.7 Å². The summed E-state index contributed by atoms with van der Waals surface area (Å²) in [6.07, 6.45) is 2.78. The molecule has 0 bridgehead atoms. The van der Waals surface area contributed by atoms with Crippen molar-refractivity contribution in [2.75, 3.05) is 27.2 Å². The van der Waals surface area contributed by atoms with Gasteiger partial charge in [0.15, 0.2) is 0 Å². The Balaban J connectivity index is 2.09. The molecule has 18 heavy (non-hydrogen) atoms. The van der Waals surface area contributed by atoms with E-state index in [-0.39, 0.29) is 0 Å². The van der Waals surface area contributed by atoms with E-state index in [9.17, 15) is 0 Å². The topological polar surface area (TPSA) is 50.9 Å². The highest BCUT2D eigenvalue weighted by molar-refractivity contribution is 5.82. The fraction of sp³-hybridized carbons (Fsp3) is 0.357. The molecule has 1 aromatic rings. The van der Waals surface area contributed by atoms with Crippen molar-refractivity contribution in [3.05, 3.63) is 35.5 Å². The molecule has 1 aliphatic heterocycles. The third kappa shape index (κ3) is 3.11. The van der Waals surface area contributed by atoms with Gasteiger partial charge in [-0.15, -0.1) is 0 Å². The van der Waals surface area contributed by atoms with E-state index in [0.717, 1.165) is 42.2 Å². The summed E-state index contributed by atoms with van der Waals surface area (Å²) in [5.74, 6) is 0.838. The quantitative estimate of drug-likeness (QED) is 0.828. The first-order valence-electron chi connectivity index (χ1n) is 6.03. The molecular formula is C14H19N3O. The van der Waals surface area contributed by atoms with Crippen molar-refractivity contribution in [1.82, 2.24) is 4.90 Å². The summed E-state index contributed by atoms with van der Waals surface area (Å²) in [5.41, 5.74) is 8.96. The molecule has 0 radical (unpaired) electrons. The summed E-state index contributed by atoms with van der Waals surface area (Å²) in [5, 5.41) is 0. The molecule has 1 aliphatic rings. The first-order valence-corrected chi connectivity index (χ1v) is 6.03. The van der Waals surface area contributed by atoms with Crippen LogP contribution < -0.4 is 10.5 Å². The Hall–Kier alpha value is -1.81. The smallest absolute Gasteiger partial charge is 0.119 e. The molecule has 0 amide bonds. The van der Waals surface area contributed by atoms with Crippen LogP contribution in [0.3, 0.4) is 0 Å². The number of methoxy groups -OCH3 is 1. The fourth-order valence-corrected chi connectivity index (χ4v) is 1.89. The maximum absolute atomic E-state index is 5.99. The number of nitrogens with zero attached hydrogens (tertiary/aromatic N) is 2. The molecule has 0 saturated heterocycles. The Bertz CT molecular complexity index is 462. The van der Waals surface area contributed by atoms with Crippen LogP contribution in [-0.4, -0.2) is 38.4 Å². The van der Waals surface area contributed by atoms with Gasteiger partial charge in [-0.05, 0) is 31.3 Å². The predicted molar refractivity (Wildman–Crippen MR) is 74.5 cm³/mol. The van der Waals surface area contributed by atoms with Gasteiger partial charge in [0.05, 0.1) is 12.8 Å². The molecule has 0 atom stereocenters. The molecular weight excluding hydrogens is 226 g/mol. The number of aliphatic imine (C=N–C) groups is 1. The summed E-state index contributed by atoms with van der Waals surface area (Å²) in [4.78, 5) is 6.69. The molecule has 0 spiro atoms. The minimum atomic E-state index is 0.838. The van der Waals surface area contributed by atoms with Gasteiger partial charge in [0.1, 0.15) is 5.75 Å². The van der Waals surface area contributed by atoms with Crippen LogP contribution in [0.2, 0.25) is 0 Å². The Morgan fingerprint density at radius 1 is 1.33 bits per heavy atom. The number of likely N-dealkylation sites (N-methyl/N-ethyl adjacent to an activating group) is 1. The highest BCUT2D eigenvalue weighted by Crippen LogP contribution is 2.18. The zero-order chi connectivity index (χ0) is 13.0. The van der Waals surface area contributed by atoms with Gasteiger partial charge in [0.2, 0.25) is 0 Å². The SMILES string of the molecule is COc1ccc(N=CC2=C(N)CCN(C)C2)cc1. The highest BCUT2D eigenvalue weighted by Gasteiger charge is 2.11. The Kier molecular flexibility index (Phi) is 3.99. The van der Waals surface area contributed by atoms with Crippen LogP contribution in [0.15, 0.2) is 40.5 Å². The first-order chi connectivity index (χ1) is 8.69. The van der Waals surface area contributed by atoms with E-state index in [0.29, 0.717) is 0 Å². The first kappa shape index (κ1) is 12.6. The normalized spacial score (nSPS) is 17.4. The molecule has 2 rings (SSSR count). The second kappa shape index (κ2) is 5.69. The molecule has 1 heterocycles. The van der Waals surface area contributed by atoms with Crippen LogP contribution in [-0.2, 0) is 0 Å². The summed E-state index contributed by atoms with van der Waals surface area (Å²) >= 11 is 0. The summed E-state index contributed by atoms with van der Waals surface area (Å²) < 4.78 is 5.11. The van der Waals surface area contributed by atoms with Crippen molar-refractivity contribution in [3.63, 3.8) is 0 Å². The number of ether oxygens (including phenoxy) is 1. The molecule has 4 heteroatoms. The average molecular weight is 245 g/mol. The fourth-order valence-electron chi connectivity index (χ4n) is 1.89. The van der Waals surface area contributed by atoms with Crippen molar-refractivity contribution in [1.29, 1.82) is 0 Å². The molecule has 0 unspecified atom stereocenters. The number of nitrogens with two attached hydrogens (primary N) is 1. The lowest BCUT2D eigenvalue weighted by atomic mass is 10.1. The molecule has 0 saturated carbocycles. The number of hydrogen-bond donors (Lipinski definition) is 1. The van der Waals surface area contributed by atoms with Crippen LogP contribution in [0.25, 0.3) is 0 Å². The van der Waals surface area contributed by atoms with Gasteiger partial charge in [-0.2, -0.15) is 0 Å². The van der Waals surface area contributed by atoms with Crippen LogP contribution in [0.4, 0.5) is 5.69 Å². The van der Waals surface area contributed by atoms with Crippen LogP contribution in [0.5, 0.6) is 5.75 Å². The van der Waals surface area contributed by atoms with Gasteiger partial charge in [-0.1, -0.05) is 0 Å². The Labute approximate surface area is 108 Å². The van der Waals surface area contributed by atoms with Gasteiger partial charge < -0.3 is 15.4 Å². The summed E-state index contributed by atoms with van der Waals surface area (Å²) in [6.45, 7) is 1.89. The van der Waals surface area contributed by atoms with Gasteiger partial charge in [0.25, 0.3) is 0 Å². The summed E-state index contributed by atoms with van der Waals surface area (Å²) in [6, 6.07) is 7.66.